The molecule has 0 radical (unpaired) electrons. The van der Waals surface area contributed by atoms with Crippen LogP contribution in [0.25, 0.3) is 10.8 Å². The lowest BCUT2D eigenvalue weighted by molar-refractivity contribution is 0.415. The van der Waals surface area contributed by atoms with Crippen molar-refractivity contribution in [3.63, 3.8) is 0 Å². The molecule has 0 aromatic heterocycles. The highest BCUT2D eigenvalue weighted by atomic mass is 32.1. The van der Waals surface area contributed by atoms with Crippen LogP contribution in [-0.2, 0) is 0 Å². The van der Waals surface area contributed by atoms with Gasteiger partial charge in [0.05, 0.1) is 7.11 Å². The second-order valence-corrected chi connectivity index (χ2v) is 4.76. The van der Waals surface area contributed by atoms with Gasteiger partial charge >= 0.3 is 0 Å². The van der Waals surface area contributed by atoms with Gasteiger partial charge in [0.2, 0.25) is 0 Å². The first-order valence-corrected chi connectivity index (χ1v) is 7.33. The monoisotopic (exact) mass is 280 g/mol. The van der Waals surface area contributed by atoms with Gasteiger partial charge in [-0.1, -0.05) is 30.3 Å². The largest absolute Gasteiger partial charge is 0.497 e. The summed E-state index contributed by atoms with van der Waals surface area (Å²) < 4.78 is 5.12. The summed E-state index contributed by atoms with van der Waals surface area (Å²) in [7, 11) is 1.68. The zero-order valence-corrected chi connectivity index (χ0v) is 12.5. The van der Waals surface area contributed by atoms with Gasteiger partial charge in [-0.2, -0.15) is 25.3 Å². The number of benzene rings is 2. The van der Waals surface area contributed by atoms with E-state index in [-0.39, 0.29) is 0 Å². The Hall–Kier alpha value is -0.800. The van der Waals surface area contributed by atoms with E-state index < -0.39 is 0 Å². The van der Waals surface area contributed by atoms with Crippen molar-refractivity contribution in [2.45, 2.75) is 12.8 Å². The molecule has 0 aliphatic carbocycles. The predicted molar refractivity (Wildman–Crippen MR) is 87.4 cm³/mol. The van der Waals surface area contributed by atoms with Crippen molar-refractivity contribution in [3.05, 3.63) is 42.5 Å². The van der Waals surface area contributed by atoms with Crippen LogP contribution in [0.5, 0.6) is 5.75 Å². The Kier molecular flexibility index (Phi) is 7.78. The normalized spacial score (nSPS) is 9.72. The Morgan fingerprint density at radius 1 is 0.889 bits per heavy atom. The predicted octanol–water partition coefficient (Wildman–Crippen LogP) is 4.47. The van der Waals surface area contributed by atoms with Gasteiger partial charge in [-0.05, 0) is 47.3 Å². The molecule has 1 nitrogen and oxygen atoms in total. The van der Waals surface area contributed by atoms with Crippen molar-refractivity contribution in [2.24, 2.45) is 0 Å². The summed E-state index contributed by atoms with van der Waals surface area (Å²) >= 11 is 8.04. The Morgan fingerprint density at radius 2 is 1.50 bits per heavy atom. The first-order chi connectivity index (χ1) is 8.81. The molecule has 0 fully saturated rings. The van der Waals surface area contributed by atoms with E-state index in [4.69, 9.17) is 4.74 Å². The molecule has 0 atom stereocenters. The fraction of sp³-hybridized carbons (Fsp3) is 0.333. The van der Waals surface area contributed by atoms with Crippen LogP contribution in [0.4, 0.5) is 0 Å². The van der Waals surface area contributed by atoms with Crippen molar-refractivity contribution in [1.82, 2.24) is 0 Å². The highest BCUT2D eigenvalue weighted by molar-refractivity contribution is 7.80. The van der Waals surface area contributed by atoms with Gasteiger partial charge in [0.1, 0.15) is 5.75 Å². The Morgan fingerprint density at radius 3 is 2.06 bits per heavy atom. The van der Waals surface area contributed by atoms with Crippen molar-refractivity contribution >= 4 is 36.0 Å². The lowest BCUT2D eigenvalue weighted by atomic mass is 10.1. The van der Waals surface area contributed by atoms with Gasteiger partial charge in [0.15, 0.2) is 0 Å². The Bertz CT molecular complexity index is 453. The first-order valence-electron chi connectivity index (χ1n) is 6.06. The van der Waals surface area contributed by atoms with Crippen molar-refractivity contribution in [1.29, 1.82) is 0 Å². The average Bonchev–Trinajstić information content (AvgIpc) is 2.45. The molecule has 0 saturated heterocycles. The summed E-state index contributed by atoms with van der Waals surface area (Å²) in [6.45, 7) is 0. The molecule has 0 N–H and O–H groups in total. The van der Waals surface area contributed by atoms with Gasteiger partial charge in [-0.25, -0.2) is 0 Å². The zero-order chi connectivity index (χ0) is 13.2. The molecule has 98 valence electrons. The van der Waals surface area contributed by atoms with E-state index in [1.165, 1.54) is 23.6 Å². The molecule has 0 aliphatic heterocycles. The third kappa shape index (κ3) is 5.23. The number of methoxy groups -OCH3 is 1. The summed E-state index contributed by atoms with van der Waals surface area (Å²) in [5.41, 5.74) is 0. The molecule has 0 spiro atoms. The lowest BCUT2D eigenvalue weighted by Gasteiger charge is -2.00. The number of hydrogen-bond acceptors (Lipinski definition) is 3. The van der Waals surface area contributed by atoms with Gasteiger partial charge in [-0.15, -0.1) is 0 Å². The Labute approximate surface area is 120 Å². The van der Waals surface area contributed by atoms with Crippen LogP contribution in [0.2, 0.25) is 0 Å². The van der Waals surface area contributed by atoms with E-state index in [0.717, 1.165) is 17.3 Å². The maximum absolute atomic E-state index is 5.12. The smallest absolute Gasteiger partial charge is 0.119 e. The molecule has 2 aromatic rings. The Balaban J connectivity index is 0.000000232. The van der Waals surface area contributed by atoms with E-state index >= 15 is 0 Å². The molecule has 2 rings (SSSR count). The summed E-state index contributed by atoms with van der Waals surface area (Å²) in [6.07, 6.45) is 2.40. The van der Waals surface area contributed by atoms with Crippen LogP contribution in [0.15, 0.2) is 42.5 Å². The minimum atomic E-state index is 0.911. The van der Waals surface area contributed by atoms with Gasteiger partial charge in [0.25, 0.3) is 0 Å². The minimum absolute atomic E-state index is 0.911. The minimum Gasteiger partial charge on any atom is -0.497 e. The lowest BCUT2D eigenvalue weighted by Crippen LogP contribution is -1.81. The fourth-order valence-electron chi connectivity index (χ4n) is 1.52. The van der Waals surface area contributed by atoms with Crippen molar-refractivity contribution in [3.8, 4) is 5.75 Å². The molecular weight excluding hydrogens is 260 g/mol. The van der Waals surface area contributed by atoms with E-state index in [0.29, 0.717) is 0 Å². The van der Waals surface area contributed by atoms with Crippen LogP contribution in [0.3, 0.4) is 0 Å². The van der Waals surface area contributed by atoms with Crippen LogP contribution in [0.1, 0.15) is 12.8 Å². The third-order valence-electron chi connectivity index (χ3n) is 2.52. The second kappa shape index (κ2) is 9.17. The quantitative estimate of drug-likeness (QED) is 0.620. The van der Waals surface area contributed by atoms with E-state index in [1.54, 1.807) is 7.11 Å². The highest BCUT2D eigenvalue weighted by Crippen LogP contribution is 2.19. The van der Waals surface area contributed by atoms with E-state index in [9.17, 15) is 0 Å². The number of hydrogen-bond donors (Lipinski definition) is 2. The number of fused-ring (bicyclic) bond motifs is 1. The first kappa shape index (κ1) is 15.3. The van der Waals surface area contributed by atoms with Gasteiger partial charge in [0, 0.05) is 0 Å². The number of ether oxygens (including phenoxy) is 1. The zero-order valence-electron chi connectivity index (χ0n) is 10.7. The molecule has 0 saturated carbocycles. The summed E-state index contributed by atoms with van der Waals surface area (Å²) in [5.74, 6) is 2.91. The molecule has 0 amide bonds. The molecule has 0 heterocycles. The van der Waals surface area contributed by atoms with Crippen molar-refractivity contribution in [2.75, 3.05) is 18.6 Å². The van der Waals surface area contributed by atoms with Gasteiger partial charge in [-0.3, -0.25) is 0 Å². The second-order valence-electron chi connectivity index (χ2n) is 3.87. The summed E-state index contributed by atoms with van der Waals surface area (Å²) in [4.78, 5) is 0. The van der Waals surface area contributed by atoms with Crippen LogP contribution < -0.4 is 4.74 Å². The topological polar surface area (TPSA) is 9.23 Å². The maximum atomic E-state index is 5.12. The molecule has 3 heteroatoms. The van der Waals surface area contributed by atoms with Gasteiger partial charge < -0.3 is 4.74 Å². The standard InChI is InChI=1S/C11H10O.C4H10S2/c1-12-11-7-6-9-4-2-3-5-10(9)8-11;5-3-1-2-4-6/h2-8H,1H3;5-6H,1-4H2. The molecule has 0 aliphatic rings. The van der Waals surface area contributed by atoms with E-state index in [1.807, 2.05) is 24.3 Å². The van der Waals surface area contributed by atoms with E-state index in [2.05, 4.69) is 43.5 Å². The summed E-state index contributed by atoms with van der Waals surface area (Å²) in [5, 5.41) is 2.47. The highest BCUT2D eigenvalue weighted by Gasteiger charge is 1.93. The van der Waals surface area contributed by atoms with Crippen LogP contribution in [0, 0.1) is 0 Å². The van der Waals surface area contributed by atoms with Crippen LogP contribution in [-0.4, -0.2) is 18.6 Å². The average molecular weight is 280 g/mol. The molecule has 2 aromatic carbocycles. The number of rotatable bonds is 4. The molecular formula is C15H20OS2. The molecule has 0 unspecified atom stereocenters. The number of unbranched alkanes of at least 4 members (excludes halogenated alkanes) is 1. The molecule has 18 heavy (non-hydrogen) atoms. The number of thiol groups is 2. The SMILES string of the molecule is COc1ccc2ccccc2c1.SCCCCS. The third-order valence-corrected chi connectivity index (χ3v) is 3.16. The molecule has 0 bridgehead atoms. The summed E-state index contributed by atoms with van der Waals surface area (Å²) in [6, 6.07) is 14.3. The van der Waals surface area contributed by atoms with Crippen molar-refractivity contribution < 1.29 is 4.74 Å². The maximum Gasteiger partial charge on any atom is 0.119 e. The van der Waals surface area contributed by atoms with Crippen LogP contribution >= 0.6 is 25.3 Å². The fourth-order valence-corrected chi connectivity index (χ4v) is 1.97.